The van der Waals surface area contributed by atoms with Gasteiger partial charge in [0.2, 0.25) is 0 Å². The number of amides is 2. The molecule has 3 aliphatic heterocycles. The second-order valence-electron chi connectivity index (χ2n) is 10.4. The molecular formula is C28H29F3N6O3. The third kappa shape index (κ3) is 4.91. The highest BCUT2D eigenvalue weighted by Gasteiger charge is 2.39. The molecule has 0 saturated carbocycles. The first-order valence-corrected chi connectivity index (χ1v) is 13.3. The highest BCUT2D eigenvalue weighted by molar-refractivity contribution is 5.79. The number of halogens is 3. The van der Waals surface area contributed by atoms with Crippen LogP contribution in [0.2, 0.25) is 0 Å². The summed E-state index contributed by atoms with van der Waals surface area (Å²) in [4.78, 5) is 18.9. The first kappa shape index (κ1) is 26.3. The van der Waals surface area contributed by atoms with E-state index in [0.29, 0.717) is 30.9 Å². The molecule has 12 heteroatoms. The number of pyridine rings is 1. The maximum absolute atomic E-state index is 14.7. The lowest BCUT2D eigenvalue weighted by Gasteiger charge is -2.41. The lowest BCUT2D eigenvalue weighted by molar-refractivity contribution is 0.0256. The molecular weight excluding hydrogens is 525 g/mol. The Kier molecular flexibility index (Phi) is 6.95. The Balaban J connectivity index is 1.13. The minimum atomic E-state index is -0.716. The van der Waals surface area contributed by atoms with Crippen molar-refractivity contribution in [3.8, 4) is 17.0 Å². The van der Waals surface area contributed by atoms with Crippen LogP contribution in [-0.2, 0) is 4.74 Å². The molecule has 0 unspecified atom stereocenters. The summed E-state index contributed by atoms with van der Waals surface area (Å²) in [6.07, 6.45) is 4.35. The fraction of sp³-hybridized carbons (Fsp3) is 0.429. The normalized spacial score (nSPS) is 19.8. The van der Waals surface area contributed by atoms with Crippen molar-refractivity contribution in [1.29, 1.82) is 0 Å². The highest BCUT2D eigenvalue weighted by Crippen LogP contribution is 2.34. The second-order valence-corrected chi connectivity index (χ2v) is 10.4. The minimum absolute atomic E-state index is 0.0482. The zero-order chi connectivity index (χ0) is 28.0. The second kappa shape index (κ2) is 10.6. The smallest absolute Gasteiger partial charge is 0.341 e. The van der Waals surface area contributed by atoms with Gasteiger partial charge in [0.1, 0.15) is 17.7 Å². The van der Waals surface area contributed by atoms with E-state index in [2.05, 4.69) is 10.1 Å². The molecule has 0 N–H and O–H groups in total. The summed E-state index contributed by atoms with van der Waals surface area (Å²) < 4.78 is 55.6. The molecule has 1 aromatic carbocycles. The van der Waals surface area contributed by atoms with E-state index in [1.54, 1.807) is 12.3 Å². The number of urea groups is 1. The Bertz CT molecular complexity index is 1450. The summed E-state index contributed by atoms with van der Waals surface area (Å²) >= 11 is 0. The van der Waals surface area contributed by atoms with Crippen molar-refractivity contribution in [3.63, 3.8) is 0 Å². The van der Waals surface area contributed by atoms with Crippen LogP contribution in [0.3, 0.4) is 0 Å². The van der Waals surface area contributed by atoms with E-state index in [1.807, 2.05) is 18.5 Å². The average molecular weight is 555 g/mol. The fourth-order valence-electron chi connectivity index (χ4n) is 5.60. The minimum Gasteiger partial charge on any atom is -0.483 e. The number of carbonyl (C=O) groups is 1. The number of likely N-dealkylation sites (tertiary alicyclic amines) is 1. The molecule has 0 radical (unpaired) electrons. The zero-order valence-corrected chi connectivity index (χ0v) is 22.2. The van der Waals surface area contributed by atoms with Crippen molar-refractivity contribution in [2.24, 2.45) is 5.10 Å². The largest absolute Gasteiger partial charge is 0.483 e. The Labute approximate surface area is 229 Å². The van der Waals surface area contributed by atoms with Crippen LogP contribution >= 0.6 is 0 Å². The van der Waals surface area contributed by atoms with Crippen molar-refractivity contribution < 1.29 is 27.4 Å². The maximum atomic E-state index is 14.7. The Morgan fingerprint density at radius 2 is 1.77 bits per heavy atom. The summed E-state index contributed by atoms with van der Waals surface area (Å²) in [6, 6.07) is 3.99. The van der Waals surface area contributed by atoms with Gasteiger partial charge >= 0.3 is 6.03 Å². The number of carbonyl (C=O) groups excluding carboxylic acids is 1. The molecule has 3 aromatic rings. The van der Waals surface area contributed by atoms with Gasteiger partial charge in [0.05, 0.1) is 42.8 Å². The van der Waals surface area contributed by atoms with Crippen LogP contribution in [0.4, 0.5) is 18.0 Å². The lowest BCUT2D eigenvalue weighted by Crippen LogP contribution is -2.58. The zero-order valence-electron chi connectivity index (χ0n) is 22.2. The van der Waals surface area contributed by atoms with Crippen LogP contribution in [0, 0.1) is 31.3 Å². The maximum Gasteiger partial charge on any atom is 0.341 e. The van der Waals surface area contributed by atoms with Gasteiger partial charge in [0.15, 0.2) is 11.6 Å². The van der Waals surface area contributed by atoms with Gasteiger partial charge < -0.3 is 14.4 Å². The molecule has 6 rings (SSSR count). The van der Waals surface area contributed by atoms with Gasteiger partial charge in [-0.05, 0) is 44.4 Å². The van der Waals surface area contributed by atoms with Crippen LogP contribution in [0.25, 0.3) is 11.3 Å². The molecule has 210 valence electrons. The predicted molar refractivity (Wildman–Crippen MR) is 139 cm³/mol. The van der Waals surface area contributed by atoms with E-state index in [-0.39, 0.29) is 24.9 Å². The topological polar surface area (TPSA) is 85.1 Å². The van der Waals surface area contributed by atoms with Gasteiger partial charge in [-0.3, -0.25) is 9.67 Å². The lowest BCUT2D eigenvalue weighted by atomic mass is 10.0. The summed E-state index contributed by atoms with van der Waals surface area (Å²) in [5.74, 6) is -1.98. The van der Waals surface area contributed by atoms with Crippen molar-refractivity contribution in [2.45, 2.75) is 51.3 Å². The highest BCUT2D eigenvalue weighted by atomic mass is 19.1. The molecule has 2 saturated heterocycles. The van der Waals surface area contributed by atoms with Crippen molar-refractivity contribution >= 4 is 12.2 Å². The molecule has 40 heavy (non-hydrogen) atoms. The van der Waals surface area contributed by atoms with Crippen molar-refractivity contribution in [1.82, 2.24) is 24.7 Å². The molecule has 3 aliphatic rings. The standard InChI is InChI=1S/C28H29F3N6O3/c1-16-27(17(2)36(34-16)21-4-7-39-8-5-21)24-12-26(23(31)13-32-24)40-22-14-35(15-22)28(38)37-25(3-6-33-37)18-9-19(29)11-20(30)10-18/h6,9-13,21-22,25H,3-5,7-8,14-15H2,1-2H3/t25-/m0/s1. The first-order valence-electron chi connectivity index (χ1n) is 13.3. The fourth-order valence-corrected chi connectivity index (χ4v) is 5.60. The number of aryl methyl sites for hydroxylation is 1. The molecule has 0 aliphatic carbocycles. The molecule has 2 aromatic heterocycles. The predicted octanol–water partition coefficient (Wildman–Crippen LogP) is 4.95. The van der Waals surface area contributed by atoms with Gasteiger partial charge in [0.25, 0.3) is 0 Å². The Morgan fingerprint density at radius 1 is 1.05 bits per heavy atom. The third-order valence-corrected chi connectivity index (χ3v) is 7.65. The van der Waals surface area contributed by atoms with E-state index in [4.69, 9.17) is 14.6 Å². The van der Waals surface area contributed by atoms with Crippen molar-refractivity contribution in [2.75, 3.05) is 26.3 Å². The molecule has 5 heterocycles. The number of ether oxygens (including phenoxy) is 2. The molecule has 1 atom stereocenters. The molecule has 9 nitrogen and oxygen atoms in total. The third-order valence-electron chi connectivity index (χ3n) is 7.65. The number of nitrogens with zero attached hydrogens (tertiary/aromatic N) is 6. The van der Waals surface area contributed by atoms with E-state index in [9.17, 15) is 18.0 Å². The van der Waals surface area contributed by atoms with Gasteiger partial charge in [-0.1, -0.05) is 0 Å². The summed E-state index contributed by atoms with van der Waals surface area (Å²) in [5, 5.41) is 10.1. The SMILES string of the molecule is Cc1nn(C2CCOCC2)c(C)c1-c1cc(OC2CN(C(=O)N3N=CC[C@H]3c3cc(F)cc(F)c3)C2)c(F)cn1. The van der Waals surface area contributed by atoms with Crippen LogP contribution < -0.4 is 4.74 Å². The van der Waals surface area contributed by atoms with Crippen LogP contribution in [0.15, 0.2) is 35.6 Å². The Hall–Kier alpha value is -3.93. The molecule has 0 bridgehead atoms. The van der Waals surface area contributed by atoms with E-state index in [0.717, 1.165) is 42.1 Å². The number of rotatable bonds is 5. The van der Waals surface area contributed by atoms with Crippen molar-refractivity contribution in [3.05, 3.63) is 64.9 Å². The average Bonchev–Trinajstić information content (AvgIpc) is 3.51. The molecule has 2 fully saturated rings. The van der Waals surface area contributed by atoms with Gasteiger partial charge in [-0.2, -0.15) is 10.2 Å². The van der Waals surface area contributed by atoms with Gasteiger partial charge in [0, 0.05) is 49.2 Å². The van der Waals surface area contributed by atoms with E-state index >= 15 is 0 Å². The number of aromatic nitrogens is 3. The Morgan fingerprint density at radius 3 is 2.50 bits per heavy atom. The number of hydrazone groups is 1. The van der Waals surface area contributed by atoms with Gasteiger partial charge in [-0.25, -0.2) is 23.0 Å². The monoisotopic (exact) mass is 554 g/mol. The van der Waals surface area contributed by atoms with E-state index in [1.165, 1.54) is 22.0 Å². The summed E-state index contributed by atoms with van der Waals surface area (Å²) in [7, 11) is 0. The van der Waals surface area contributed by atoms with Crippen LogP contribution in [-0.4, -0.2) is 69.3 Å². The molecule has 0 spiro atoms. The van der Waals surface area contributed by atoms with Gasteiger partial charge in [-0.15, -0.1) is 0 Å². The van der Waals surface area contributed by atoms with E-state index < -0.39 is 35.6 Å². The number of hydrogen-bond donors (Lipinski definition) is 0. The quantitative estimate of drug-likeness (QED) is 0.446. The number of hydrogen-bond acceptors (Lipinski definition) is 6. The van der Waals surface area contributed by atoms with Crippen LogP contribution in [0.1, 0.15) is 48.3 Å². The van der Waals surface area contributed by atoms with Crippen LogP contribution in [0.5, 0.6) is 5.75 Å². The first-order chi connectivity index (χ1) is 19.3. The number of benzene rings is 1. The summed E-state index contributed by atoms with van der Waals surface area (Å²) in [5.41, 5.74) is 3.48. The summed E-state index contributed by atoms with van der Waals surface area (Å²) in [6.45, 7) is 5.71. The molecule has 2 amide bonds.